The minimum Gasteiger partial charge on any atom is -0.466 e. The predicted octanol–water partition coefficient (Wildman–Crippen LogP) is -0.217. The Bertz CT molecular complexity index is 299. The Kier molecular flexibility index (Phi) is 2.48. The minimum atomic E-state index is 0.227. The summed E-state index contributed by atoms with van der Waals surface area (Å²) in [5.41, 5.74) is 5.46. The van der Waals surface area contributed by atoms with Crippen LogP contribution in [0.3, 0.4) is 0 Å². The van der Waals surface area contributed by atoms with Crippen LogP contribution in [0.25, 0.3) is 0 Å². The highest BCUT2D eigenvalue weighted by Gasteiger charge is 2.04. The number of hydrogen-bond acceptors (Lipinski definition) is 5. The van der Waals surface area contributed by atoms with E-state index in [0.29, 0.717) is 13.0 Å². The van der Waals surface area contributed by atoms with Crippen molar-refractivity contribution in [3.05, 3.63) is 0 Å². The molecule has 64 valence electrons. The zero-order valence-corrected chi connectivity index (χ0v) is 6.69. The molecule has 0 amide bonds. The van der Waals surface area contributed by atoms with Crippen molar-refractivity contribution in [1.82, 2.24) is 14.8 Å². The van der Waals surface area contributed by atoms with Gasteiger partial charge in [0.15, 0.2) is 0 Å². The third kappa shape index (κ3) is 1.63. The Morgan fingerprint density at radius 1 is 1.75 bits per heavy atom. The quantitative estimate of drug-likeness (QED) is 0.672. The number of ether oxygens (including phenoxy) is 1. The fourth-order valence-corrected chi connectivity index (χ4v) is 0.739. The van der Waals surface area contributed by atoms with Crippen LogP contribution < -0.4 is 10.5 Å². The molecule has 0 aliphatic rings. The number of nitrogens with zero attached hydrogens (tertiary/aromatic N) is 4. The van der Waals surface area contributed by atoms with Crippen LogP contribution in [0.2, 0.25) is 0 Å². The maximum absolute atomic E-state index is 8.30. The smallest absolute Gasteiger partial charge is 0.337 e. The van der Waals surface area contributed by atoms with Gasteiger partial charge in [-0.3, -0.25) is 0 Å². The molecule has 2 N–H and O–H groups in total. The predicted molar refractivity (Wildman–Crippen MR) is 41.2 cm³/mol. The summed E-state index contributed by atoms with van der Waals surface area (Å²) in [5, 5.41) is 12.2. The monoisotopic (exact) mass is 167 g/mol. The lowest BCUT2D eigenvalue weighted by molar-refractivity contribution is 0.375. The molecule has 6 nitrogen and oxygen atoms in total. The highest BCUT2D eigenvalue weighted by Crippen LogP contribution is 2.06. The first-order chi connectivity index (χ1) is 5.77. The number of anilines is 1. The third-order valence-electron chi connectivity index (χ3n) is 1.30. The normalized spacial score (nSPS) is 9.33. The van der Waals surface area contributed by atoms with Crippen molar-refractivity contribution in [3.8, 4) is 12.1 Å². The highest BCUT2D eigenvalue weighted by atomic mass is 16.5. The van der Waals surface area contributed by atoms with E-state index in [-0.39, 0.29) is 12.0 Å². The van der Waals surface area contributed by atoms with Crippen LogP contribution in [-0.2, 0) is 6.54 Å². The first-order valence-corrected chi connectivity index (χ1v) is 3.39. The molecule has 1 heterocycles. The van der Waals surface area contributed by atoms with Gasteiger partial charge in [0.05, 0.1) is 26.1 Å². The van der Waals surface area contributed by atoms with Crippen molar-refractivity contribution in [2.24, 2.45) is 0 Å². The van der Waals surface area contributed by atoms with Gasteiger partial charge < -0.3 is 10.5 Å². The summed E-state index contributed by atoms with van der Waals surface area (Å²) in [6.45, 7) is 0.443. The first kappa shape index (κ1) is 8.33. The molecule has 1 rings (SSSR count). The highest BCUT2D eigenvalue weighted by molar-refractivity contribution is 5.18. The molecule has 0 aliphatic heterocycles. The Morgan fingerprint density at radius 3 is 3.00 bits per heavy atom. The van der Waals surface area contributed by atoms with E-state index >= 15 is 0 Å². The number of nitrogen functional groups attached to an aromatic ring is 1. The zero-order chi connectivity index (χ0) is 8.97. The standard InChI is InChI=1S/C6H9N5O/c1-12-6-9-5(8)11(10-6)4-2-3-7/h2,4H2,1H3,(H2,8,9,10). The van der Waals surface area contributed by atoms with Gasteiger partial charge in [-0.1, -0.05) is 0 Å². The first-order valence-electron chi connectivity index (χ1n) is 3.39. The maximum atomic E-state index is 8.30. The van der Waals surface area contributed by atoms with Crippen LogP contribution in [0.15, 0.2) is 0 Å². The van der Waals surface area contributed by atoms with E-state index in [1.54, 1.807) is 0 Å². The van der Waals surface area contributed by atoms with Gasteiger partial charge in [-0.05, 0) is 0 Å². The molecule has 0 unspecified atom stereocenters. The van der Waals surface area contributed by atoms with Crippen molar-refractivity contribution in [3.63, 3.8) is 0 Å². The van der Waals surface area contributed by atoms with Crippen LogP contribution >= 0.6 is 0 Å². The number of aromatic nitrogens is 3. The molecule has 0 saturated carbocycles. The molecule has 0 spiro atoms. The van der Waals surface area contributed by atoms with Crippen LogP contribution in [0, 0.1) is 11.3 Å². The largest absolute Gasteiger partial charge is 0.466 e. The van der Waals surface area contributed by atoms with Gasteiger partial charge in [0.1, 0.15) is 0 Å². The number of nitriles is 1. The number of rotatable bonds is 3. The Morgan fingerprint density at radius 2 is 2.50 bits per heavy atom. The van der Waals surface area contributed by atoms with E-state index in [2.05, 4.69) is 10.1 Å². The molecule has 1 aromatic rings. The van der Waals surface area contributed by atoms with Crippen LogP contribution in [0.1, 0.15) is 6.42 Å². The van der Waals surface area contributed by atoms with Gasteiger partial charge in [-0.15, -0.1) is 5.10 Å². The number of methoxy groups -OCH3 is 1. The second-order valence-corrected chi connectivity index (χ2v) is 2.09. The van der Waals surface area contributed by atoms with Gasteiger partial charge >= 0.3 is 6.01 Å². The lowest BCUT2D eigenvalue weighted by Crippen LogP contribution is -2.04. The molecule has 0 fully saturated rings. The lowest BCUT2D eigenvalue weighted by atomic mass is 10.5. The van der Waals surface area contributed by atoms with E-state index in [9.17, 15) is 0 Å². The van der Waals surface area contributed by atoms with Crippen molar-refractivity contribution in [2.45, 2.75) is 13.0 Å². The maximum Gasteiger partial charge on any atom is 0.337 e. The van der Waals surface area contributed by atoms with Gasteiger partial charge in [0.25, 0.3) is 0 Å². The topological polar surface area (TPSA) is 89.8 Å². The molecule has 12 heavy (non-hydrogen) atoms. The summed E-state index contributed by atoms with van der Waals surface area (Å²) in [6, 6.07) is 2.21. The summed E-state index contributed by atoms with van der Waals surface area (Å²) in [6.07, 6.45) is 0.358. The van der Waals surface area contributed by atoms with Crippen molar-refractivity contribution in [2.75, 3.05) is 12.8 Å². The van der Waals surface area contributed by atoms with E-state index in [1.807, 2.05) is 6.07 Å². The van der Waals surface area contributed by atoms with Crippen LogP contribution in [0.4, 0.5) is 5.95 Å². The Labute approximate surface area is 69.6 Å². The van der Waals surface area contributed by atoms with Crippen molar-refractivity contribution >= 4 is 5.95 Å². The molecule has 0 aliphatic carbocycles. The summed E-state index contributed by atoms with van der Waals surface area (Å²) < 4.78 is 6.18. The molecule has 0 saturated heterocycles. The van der Waals surface area contributed by atoms with Gasteiger partial charge in [0, 0.05) is 0 Å². The molecular formula is C6H9N5O. The Hall–Kier alpha value is -1.77. The minimum absolute atomic E-state index is 0.227. The molecular weight excluding hydrogens is 158 g/mol. The number of nitrogens with two attached hydrogens (primary N) is 1. The van der Waals surface area contributed by atoms with E-state index < -0.39 is 0 Å². The van der Waals surface area contributed by atoms with Crippen LogP contribution in [0.5, 0.6) is 6.01 Å². The van der Waals surface area contributed by atoms with Gasteiger partial charge in [-0.2, -0.15) is 10.2 Å². The zero-order valence-electron chi connectivity index (χ0n) is 6.69. The number of hydrogen-bond donors (Lipinski definition) is 1. The fourth-order valence-electron chi connectivity index (χ4n) is 0.739. The summed E-state index contributed by atoms with van der Waals surface area (Å²) in [7, 11) is 1.46. The molecule has 0 bridgehead atoms. The second-order valence-electron chi connectivity index (χ2n) is 2.09. The second kappa shape index (κ2) is 3.57. The molecule has 0 radical (unpaired) electrons. The SMILES string of the molecule is COc1nc(N)n(CCC#N)n1. The van der Waals surface area contributed by atoms with E-state index in [0.717, 1.165) is 0 Å². The Balaban J connectivity index is 2.72. The summed E-state index contributed by atoms with van der Waals surface area (Å²) in [4.78, 5) is 3.78. The molecule has 0 aromatic carbocycles. The van der Waals surface area contributed by atoms with Gasteiger partial charge in [0.2, 0.25) is 5.95 Å². The van der Waals surface area contributed by atoms with E-state index in [4.69, 9.17) is 15.7 Å². The van der Waals surface area contributed by atoms with E-state index in [1.165, 1.54) is 11.8 Å². The van der Waals surface area contributed by atoms with Gasteiger partial charge in [-0.25, -0.2) is 4.68 Å². The molecule has 0 atom stereocenters. The molecule has 6 heteroatoms. The molecule has 1 aromatic heterocycles. The lowest BCUT2D eigenvalue weighted by Gasteiger charge is -1.95. The van der Waals surface area contributed by atoms with Crippen molar-refractivity contribution in [1.29, 1.82) is 5.26 Å². The average Bonchev–Trinajstić information content (AvgIpc) is 2.43. The number of aryl methyl sites for hydroxylation is 1. The summed E-state index contributed by atoms with van der Waals surface area (Å²) in [5.74, 6) is 0.266. The average molecular weight is 167 g/mol. The fraction of sp³-hybridized carbons (Fsp3) is 0.500. The van der Waals surface area contributed by atoms with Crippen LogP contribution in [-0.4, -0.2) is 21.9 Å². The van der Waals surface area contributed by atoms with Crippen molar-refractivity contribution < 1.29 is 4.74 Å². The third-order valence-corrected chi connectivity index (χ3v) is 1.30. The summed E-state index contributed by atoms with van der Waals surface area (Å²) >= 11 is 0.